The molecule has 1 aliphatic heterocycles. The van der Waals surface area contributed by atoms with Crippen molar-refractivity contribution in [1.82, 2.24) is 10.3 Å². The Hall–Kier alpha value is -2.93. The Morgan fingerprint density at radius 3 is 2.53 bits per heavy atom. The summed E-state index contributed by atoms with van der Waals surface area (Å²) in [5, 5.41) is 7.53. The number of aryl methyl sites for hydroxylation is 1. The summed E-state index contributed by atoms with van der Waals surface area (Å²) in [7, 11) is -2.87. The highest BCUT2D eigenvalue weighted by Gasteiger charge is 2.23. The fourth-order valence-corrected chi connectivity index (χ4v) is 5.81. The molecule has 4 rings (SSSR count). The maximum absolute atomic E-state index is 12.9. The molecule has 2 heterocycles. The Morgan fingerprint density at radius 1 is 1.09 bits per heavy atom. The number of hydrogen-bond donors (Lipinski definition) is 2. The number of nitrogens with zero attached hydrogens (tertiary/aromatic N) is 1. The Balaban J connectivity index is 1.54. The van der Waals surface area contributed by atoms with Crippen molar-refractivity contribution in [2.24, 2.45) is 5.92 Å². The largest absolute Gasteiger partial charge is 0.370 e. The first-order valence-electron chi connectivity index (χ1n) is 11.0. The van der Waals surface area contributed by atoms with Crippen LogP contribution in [0.1, 0.15) is 47.3 Å². The topological polar surface area (TPSA) is 88.2 Å². The van der Waals surface area contributed by atoms with Gasteiger partial charge in [-0.1, -0.05) is 36.4 Å². The van der Waals surface area contributed by atoms with Gasteiger partial charge in [0.25, 0.3) is 5.91 Å². The Kier molecular flexibility index (Phi) is 6.46. The molecular weight excluding hydrogens is 422 g/mol. The van der Waals surface area contributed by atoms with Crippen LogP contribution in [0.3, 0.4) is 0 Å². The summed E-state index contributed by atoms with van der Waals surface area (Å²) in [6, 6.07) is 17.2. The number of pyridine rings is 1. The van der Waals surface area contributed by atoms with Crippen LogP contribution >= 0.6 is 0 Å². The van der Waals surface area contributed by atoms with E-state index in [0.29, 0.717) is 30.9 Å². The maximum atomic E-state index is 12.9. The number of hydrogen-bond acceptors (Lipinski definition) is 5. The van der Waals surface area contributed by atoms with Crippen LogP contribution in [0, 0.1) is 12.8 Å². The summed E-state index contributed by atoms with van der Waals surface area (Å²) in [4.78, 5) is 17.6. The van der Waals surface area contributed by atoms with Gasteiger partial charge in [-0.05, 0) is 61.9 Å². The van der Waals surface area contributed by atoms with E-state index in [1.807, 2.05) is 68.4 Å². The first-order chi connectivity index (χ1) is 15.3. The first-order valence-corrected chi connectivity index (χ1v) is 12.8. The molecule has 6 nitrogen and oxygen atoms in total. The van der Waals surface area contributed by atoms with E-state index >= 15 is 0 Å². The van der Waals surface area contributed by atoms with Crippen LogP contribution in [0.15, 0.2) is 54.6 Å². The van der Waals surface area contributed by atoms with Gasteiger partial charge in [-0.15, -0.1) is 0 Å². The molecule has 3 aromatic rings. The van der Waals surface area contributed by atoms with Gasteiger partial charge in [-0.25, -0.2) is 13.4 Å². The second-order valence-corrected chi connectivity index (χ2v) is 10.9. The van der Waals surface area contributed by atoms with Gasteiger partial charge >= 0.3 is 0 Å². The zero-order valence-electron chi connectivity index (χ0n) is 18.5. The number of anilines is 1. The van der Waals surface area contributed by atoms with Gasteiger partial charge in [0.15, 0.2) is 0 Å². The van der Waals surface area contributed by atoms with Crippen molar-refractivity contribution in [3.05, 3.63) is 71.3 Å². The SMILES string of the molecule is Cc1ccccc1C(=O)NC(C)c1cc(NCC2CCS(=O)(=O)CC2)nc2ccccc12. The van der Waals surface area contributed by atoms with E-state index in [1.54, 1.807) is 0 Å². The van der Waals surface area contributed by atoms with Crippen molar-refractivity contribution in [3.63, 3.8) is 0 Å². The van der Waals surface area contributed by atoms with Crippen LogP contribution in [-0.4, -0.2) is 37.4 Å². The third-order valence-corrected chi connectivity index (χ3v) is 7.91. The average molecular weight is 452 g/mol. The van der Waals surface area contributed by atoms with Crippen molar-refractivity contribution in [3.8, 4) is 0 Å². The zero-order valence-corrected chi connectivity index (χ0v) is 19.3. The highest BCUT2D eigenvalue weighted by Crippen LogP contribution is 2.27. The second-order valence-electron chi connectivity index (χ2n) is 8.60. The van der Waals surface area contributed by atoms with E-state index in [0.717, 1.165) is 27.8 Å². The van der Waals surface area contributed by atoms with E-state index in [2.05, 4.69) is 10.6 Å². The van der Waals surface area contributed by atoms with E-state index in [4.69, 9.17) is 4.98 Å². The highest BCUT2D eigenvalue weighted by molar-refractivity contribution is 7.91. The van der Waals surface area contributed by atoms with Gasteiger partial charge < -0.3 is 10.6 Å². The minimum absolute atomic E-state index is 0.102. The number of amides is 1. The van der Waals surface area contributed by atoms with Crippen LogP contribution in [0.2, 0.25) is 0 Å². The Morgan fingerprint density at radius 2 is 1.78 bits per heavy atom. The number of carbonyl (C=O) groups excluding carboxylic acids is 1. The molecule has 1 aromatic heterocycles. The molecule has 2 aromatic carbocycles. The Bertz CT molecular complexity index is 1230. The quantitative estimate of drug-likeness (QED) is 0.584. The highest BCUT2D eigenvalue weighted by atomic mass is 32.2. The third kappa shape index (κ3) is 5.10. The molecule has 0 aliphatic carbocycles. The lowest BCUT2D eigenvalue weighted by Crippen LogP contribution is -2.28. The minimum Gasteiger partial charge on any atom is -0.370 e. The number of carbonyl (C=O) groups is 1. The first kappa shape index (κ1) is 22.3. The smallest absolute Gasteiger partial charge is 0.252 e. The average Bonchev–Trinajstić information content (AvgIpc) is 2.78. The van der Waals surface area contributed by atoms with Gasteiger partial charge in [0.05, 0.1) is 23.1 Å². The third-order valence-electron chi connectivity index (χ3n) is 6.20. The molecule has 1 aliphatic rings. The van der Waals surface area contributed by atoms with Crippen LogP contribution < -0.4 is 10.6 Å². The van der Waals surface area contributed by atoms with Gasteiger partial charge in [0.1, 0.15) is 15.7 Å². The van der Waals surface area contributed by atoms with E-state index < -0.39 is 9.84 Å². The lowest BCUT2D eigenvalue weighted by molar-refractivity contribution is 0.0939. The van der Waals surface area contributed by atoms with Crippen LogP contribution in [0.4, 0.5) is 5.82 Å². The van der Waals surface area contributed by atoms with Crippen LogP contribution in [0.25, 0.3) is 10.9 Å². The molecule has 1 fully saturated rings. The molecule has 7 heteroatoms. The van der Waals surface area contributed by atoms with Crippen molar-refractivity contribution < 1.29 is 13.2 Å². The van der Waals surface area contributed by atoms with Crippen molar-refractivity contribution in [1.29, 1.82) is 0 Å². The fraction of sp³-hybridized carbons (Fsp3) is 0.360. The molecule has 32 heavy (non-hydrogen) atoms. The molecule has 0 saturated carbocycles. The molecule has 1 atom stereocenters. The van der Waals surface area contributed by atoms with E-state index in [9.17, 15) is 13.2 Å². The predicted octanol–water partition coefficient (Wildman–Crippen LogP) is 4.27. The lowest BCUT2D eigenvalue weighted by atomic mass is 10.0. The normalized spacial score (nSPS) is 17.1. The number of sulfone groups is 1. The second kappa shape index (κ2) is 9.28. The lowest BCUT2D eigenvalue weighted by Gasteiger charge is -2.23. The number of benzene rings is 2. The van der Waals surface area contributed by atoms with Gasteiger partial charge in [0, 0.05) is 17.5 Å². The maximum Gasteiger partial charge on any atom is 0.252 e. The standard InChI is InChI=1S/C25H29N3O3S/c1-17-7-3-4-8-20(17)25(29)27-18(2)22-15-24(28-23-10-6-5-9-21(22)23)26-16-19-11-13-32(30,31)14-12-19/h3-10,15,18-19H,11-14,16H2,1-2H3,(H,26,28)(H,27,29). The van der Waals surface area contributed by atoms with Gasteiger partial charge in [-0.3, -0.25) is 4.79 Å². The molecule has 2 N–H and O–H groups in total. The molecule has 1 saturated heterocycles. The van der Waals surface area contributed by atoms with Crippen LogP contribution in [0.5, 0.6) is 0 Å². The summed E-state index contributed by atoms with van der Waals surface area (Å²) in [6.45, 7) is 4.60. The zero-order chi connectivity index (χ0) is 22.7. The fourth-order valence-electron chi connectivity index (χ4n) is 4.22. The van der Waals surface area contributed by atoms with E-state index in [-0.39, 0.29) is 23.5 Å². The predicted molar refractivity (Wildman–Crippen MR) is 129 cm³/mol. The number of para-hydroxylation sites is 1. The molecule has 0 bridgehead atoms. The van der Waals surface area contributed by atoms with E-state index in [1.165, 1.54) is 0 Å². The number of aromatic nitrogens is 1. The summed E-state index contributed by atoms with van der Waals surface area (Å²) in [5.41, 5.74) is 3.46. The van der Waals surface area contributed by atoms with Crippen molar-refractivity contribution in [2.45, 2.75) is 32.7 Å². The Labute approximate surface area is 189 Å². The summed E-state index contributed by atoms with van der Waals surface area (Å²) < 4.78 is 23.4. The van der Waals surface area contributed by atoms with Gasteiger partial charge in [0.2, 0.25) is 0 Å². The number of rotatable bonds is 6. The minimum atomic E-state index is -2.87. The molecule has 0 radical (unpaired) electrons. The van der Waals surface area contributed by atoms with Crippen molar-refractivity contribution in [2.75, 3.05) is 23.4 Å². The molecule has 1 amide bonds. The summed E-state index contributed by atoms with van der Waals surface area (Å²) >= 11 is 0. The molecular formula is C25H29N3O3S. The summed E-state index contributed by atoms with van der Waals surface area (Å²) in [5.74, 6) is 1.47. The monoisotopic (exact) mass is 451 g/mol. The molecule has 1 unspecified atom stereocenters. The van der Waals surface area contributed by atoms with Gasteiger partial charge in [-0.2, -0.15) is 0 Å². The number of nitrogens with one attached hydrogen (secondary N) is 2. The van der Waals surface area contributed by atoms with Crippen LogP contribution in [-0.2, 0) is 9.84 Å². The number of fused-ring (bicyclic) bond motifs is 1. The summed E-state index contributed by atoms with van der Waals surface area (Å²) in [6.07, 6.45) is 1.36. The molecule has 0 spiro atoms. The van der Waals surface area contributed by atoms with Crippen molar-refractivity contribution >= 4 is 32.5 Å². The molecule has 168 valence electrons.